The number of rotatable bonds is 1. The highest BCUT2D eigenvalue weighted by atomic mass is 16.8. The second-order valence-corrected chi connectivity index (χ2v) is 5.44. The molecule has 1 aliphatic carbocycles. The number of esters is 1. The Morgan fingerprint density at radius 1 is 1.28 bits per heavy atom. The molecule has 3 heteroatoms. The average molecular weight is 246 g/mol. The second kappa shape index (κ2) is 4.39. The molecule has 1 aliphatic heterocycles. The van der Waals surface area contributed by atoms with E-state index in [0.29, 0.717) is 5.92 Å². The van der Waals surface area contributed by atoms with Crippen LogP contribution in [0.5, 0.6) is 0 Å². The Balaban J connectivity index is 1.82. The quantitative estimate of drug-likeness (QED) is 0.714. The van der Waals surface area contributed by atoms with Crippen molar-refractivity contribution in [2.24, 2.45) is 5.92 Å². The summed E-state index contributed by atoms with van der Waals surface area (Å²) in [6, 6.07) is 9.59. The maximum absolute atomic E-state index is 12.0. The summed E-state index contributed by atoms with van der Waals surface area (Å²) in [6.45, 7) is 2.19. The summed E-state index contributed by atoms with van der Waals surface area (Å²) in [5, 5.41) is 0. The molecule has 2 fully saturated rings. The first-order chi connectivity index (χ1) is 8.69. The van der Waals surface area contributed by atoms with E-state index in [1.165, 1.54) is 6.42 Å². The molecule has 1 heterocycles. The molecule has 1 saturated carbocycles. The molecule has 0 amide bonds. The maximum atomic E-state index is 12.0. The van der Waals surface area contributed by atoms with Gasteiger partial charge in [-0.15, -0.1) is 0 Å². The van der Waals surface area contributed by atoms with Gasteiger partial charge in [0, 0.05) is 12.8 Å². The van der Waals surface area contributed by atoms with E-state index in [4.69, 9.17) is 9.47 Å². The van der Waals surface area contributed by atoms with Crippen molar-refractivity contribution in [3.05, 3.63) is 35.9 Å². The second-order valence-electron chi connectivity index (χ2n) is 5.44. The topological polar surface area (TPSA) is 35.5 Å². The van der Waals surface area contributed by atoms with E-state index >= 15 is 0 Å². The van der Waals surface area contributed by atoms with Gasteiger partial charge in [-0.3, -0.25) is 0 Å². The van der Waals surface area contributed by atoms with Gasteiger partial charge in [0.2, 0.25) is 5.79 Å². The molecule has 1 aromatic carbocycles. The first-order valence-corrected chi connectivity index (χ1v) is 6.64. The van der Waals surface area contributed by atoms with Crippen molar-refractivity contribution in [3.8, 4) is 0 Å². The molecule has 96 valence electrons. The average Bonchev–Trinajstić information content (AvgIpc) is 2.67. The van der Waals surface area contributed by atoms with E-state index in [9.17, 15) is 4.79 Å². The molecule has 1 saturated heterocycles. The van der Waals surface area contributed by atoms with Crippen LogP contribution >= 0.6 is 0 Å². The van der Waals surface area contributed by atoms with Gasteiger partial charge in [0.05, 0.1) is 0 Å². The number of hydrogen-bond donors (Lipinski definition) is 0. The Labute approximate surface area is 107 Å². The number of carbonyl (C=O) groups excluding carboxylic acids is 1. The zero-order valence-corrected chi connectivity index (χ0v) is 10.6. The van der Waals surface area contributed by atoms with Crippen molar-refractivity contribution in [3.63, 3.8) is 0 Å². The molecule has 0 aromatic heterocycles. The lowest BCUT2D eigenvalue weighted by Crippen LogP contribution is -2.36. The summed E-state index contributed by atoms with van der Waals surface area (Å²) in [4.78, 5) is 12.0. The Hall–Kier alpha value is -1.35. The van der Waals surface area contributed by atoms with Gasteiger partial charge < -0.3 is 9.47 Å². The number of benzene rings is 1. The standard InChI is InChI=1S/C15H18O3/c1-11-6-5-9-15(10-11)17-13(14(16)18-15)12-7-3-2-4-8-12/h2-4,7-8,11,13H,5-6,9-10H2,1H3/t11-,13+,15-/m0/s1. The fourth-order valence-corrected chi connectivity index (χ4v) is 3.01. The predicted octanol–water partition coefficient (Wildman–Crippen LogP) is 3.21. The molecule has 0 unspecified atom stereocenters. The largest absolute Gasteiger partial charge is 0.431 e. The van der Waals surface area contributed by atoms with Crippen LogP contribution in [0.1, 0.15) is 44.3 Å². The molecule has 3 rings (SSSR count). The van der Waals surface area contributed by atoms with Crippen LogP contribution in [0.3, 0.4) is 0 Å². The molecule has 3 atom stereocenters. The molecular formula is C15H18O3. The van der Waals surface area contributed by atoms with E-state index in [1.807, 2.05) is 30.3 Å². The highest BCUT2D eigenvalue weighted by Gasteiger charge is 2.50. The summed E-state index contributed by atoms with van der Waals surface area (Å²) in [7, 11) is 0. The van der Waals surface area contributed by atoms with Gasteiger partial charge in [0.15, 0.2) is 6.10 Å². The zero-order chi connectivity index (χ0) is 12.6. The van der Waals surface area contributed by atoms with E-state index in [-0.39, 0.29) is 5.97 Å². The number of hydrogen-bond acceptors (Lipinski definition) is 3. The van der Waals surface area contributed by atoms with Gasteiger partial charge in [0.1, 0.15) is 0 Å². The minimum absolute atomic E-state index is 0.240. The summed E-state index contributed by atoms with van der Waals surface area (Å²) in [5.74, 6) is -0.341. The monoisotopic (exact) mass is 246 g/mol. The molecule has 1 spiro atoms. The smallest absolute Gasteiger partial charge is 0.342 e. The highest BCUT2D eigenvalue weighted by molar-refractivity contribution is 5.78. The molecule has 0 bridgehead atoms. The van der Waals surface area contributed by atoms with Gasteiger partial charge in [-0.25, -0.2) is 4.79 Å². The van der Waals surface area contributed by atoms with Gasteiger partial charge >= 0.3 is 5.97 Å². The zero-order valence-electron chi connectivity index (χ0n) is 10.6. The lowest BCUT2D eigenvalue weighted by Gasteiger charge is -2.34. The summed E-state index contributed by atoms with van der Waals surface area (Å²) in [5.41, 5.74) is 0.887. The van der Waals surface area contributed by atoms with Crippen molar-refractivity contribution in [1.82, 2.24) is 0 Å². The van der Waals surface area contributed by atoms with Crippen molar-refractivity contribution >= 4 is 5.97 Å². The molecule has 0 N–H and O–H groups in total. The Kier molecular flexibility index (Phi) is 2.86. The lowest BCUT2D eigenvalue weighted by atomic mass is 9.86. The van der Waals surface area contributed by atoms with Crippen LogP contribution in [-0.4, -0.2) is 11.8 Å². The van der Waals surface area contributed by atoms with Crippen LogP contribution in [0.15, 0.2) is 30.3 Å². The third kappa shape index (κ3) is 2.03. The van der Waals surface area contributed by atoms with Crippen LogP contribution < -0.4 is 0 Å². The summed E-state index contributed by atoms with van der Waals surface area (Å²) in [6.07, 6.45) is 3.36. The van der Waals surface area contributed by atoms with E-state index in [2.05, 4.69) is 6.92 Å². The summed E-state index contributed by atoms with van der Waals surface area (Å²) < 4.78 is 11.6. The maximum Gasteiger partial charge on any atom is 0.342 e. The molecule has 3 nitrogen and oxygen atoms in total. The predicted molar refractivity (Wildman–Crippen MR) is 66.7 cm³/mol. The molecule has 18 heavy (non-hydrogen) atoms. The third-order valence-corrected chi connectivity index (χ3v) is 3.85. The van der Waals surface area contributed by atoms with Gasteiger partial charge in [-0.05, 0) is 17.9 Å². The van der Waals surface area contributed by atoms with E-state index in [0.717, 1.165) is 24.8 Å². The summed E-state index contributed by atoms with van der Waals surface area (Å²) >= 11 is 0. The Morgan fingerprint density at radius 2 is 2.06 bits per heavy atom. The van der Waals surface area contributed by atoms with Crippen molar-refractivity contribution in [1.29, 1.82) is 0 Å². The van der Waals surface area contributed by atoms with Crippen LogP contribution in [-0.2, 0) is 14.3 Å². The van der Waals surface area contributed by atoms with E-state index < -0.39 is 11.9 Å². The van der Waals surface area contributed by atoms with Crippen LogP contribution in [0, 0.1) is 5.92 Å². The fourth-order valence-electron chi connectivity index (χ4n) is 3.01. The first kappa shape index (κ1) is 11.7. The third-order valence-electron chi connectivity index (χ3n) is 3.85. The fraction of sp³-hybridized carbons (Fsp3) is 0.533. The minimum atomic E-state index is -0.657. The van der Waals surface area contributed by atoms with E-state index in [1.54, 1.807) is 0 Å². The lowest BCUT2D eigenvalue weighted by molar-refractivity contribution is -0.198. The SMILES string of the molecule is C[C@H]1CCC[C@@]2(C1)OC(=O)[C@@H](c1ccccc1)O2. The van der Waals surface area contributed by atoms with Crippen LogP contribution in [0.25, 0.3) is 0 Å². The van der Waals surface area contributed by atoms with Gasteiger partial charge in [0.25, 0.3) is 0 Å². The van der Waals surface area contributed by atoms with Crippen molar-refractivity contribution in [2.45, 2.75) is 44.5 Å². The normalized spacial score (nSPS) is 35.7. The number of carbonyl (C=O) groups is 1. The van der Waals surface area contributed by atoms with Crippen LogP contribution in [0.4, 0.5) is 0 Å². The molecule has 2 aliphatic rings. The highest BCUT2D eigenvalue weighted by Crippen LogP contribution is 2.44. The minimum Gasteiger partial charge on any atom is -0.431 e. The van der Waals surface area contributed by atoms with Crippen LogP contribution in [0.2, 0.25) is 0 Å². The molecule has 1 aromatic rings. The number of ether oxygens (including phenoxy) is 2. The Bertz CT molecular complexity index is 442. The van der Waals surface area contributed by atoms with Gasteiger partial charge in [-0.2, -0.15) is 0 Å². The molecule has 0 radical (unpaired) electrons. The van der Waals surface area contributed by atoms with Crippen molar-refractivity contribution < 1.29 is 14.3 Å². The molecular weight excluding hydrogens is 228 g/mol. The first-order valence-electron chi connectivity index (χ1n) is 6.64. The van der Waals surface area contributed by atoms with Crippen molar-refractivity contribution in [2.75, 3.05) is 0 Å². The van der Waals surface area contributed by atoms with Gasteiger partial charge in [-0.1, -0.05) is 43.7 Å². The Morgan fingerprint density at radius 3 is 2.78 bits per heavy atom.